The van der Waals surface area contributed by atoms with Crippen molar-refractivity contribution in [3.63, 3.8) is 0 Å². The lowest BCUT2D eigenvalue weighted by Crippen LogP contribution is -2.44. The Morgan fingerprint density at radius 1 is 1.30 bits per heavy atom. The topological polar surface area (TPSA) is 53.6 Å². The first kappa shape index (κ1) is 17.6. The van der Waals surface area contributed by atoms with E-state index in [1.54, 1.807) is 7.11 Å². The van der Waals surface area contributed by atoms with Gasteiger partial charge in [-0.2, -0.15) is 0 Å². The Labute approximate surface area is 139 Å². The van der Waals surface area contributed by atoms with Crippen LogP contribution in [0.15, 0.2) is 24.3 Å². The van der Waals surface area contributed by atoms with E-state index in [0.717, 1.165) is 30.9 Å². The second-order valence-corrected chi connectivity index (χ2v) is 6.59. The predicted molar refractivity (Wildman–Crippen MR) is 94.1 cm³/mol. The number of anilines is 1. The summed E-state index contributed by atoms with van der Waals surface area (Å²) in [6.07, 6.45) is 3.65. The van der Waals surface area contributed by atoms with Gasteiger partial charge in [0, 0.05) is 24.3 Å². The Kier molecular flexibility index (Phi) is 6.71. The van der Waals surface area contributed by atoms with E-state index < -0.39 is 0 Å². The van der Waals surface area contributed by atoms with Crippen molar-refractivity contribution in [1.29, 1.82) is 0 Å². The molecule has 1 aliphatic heterocycles. The van der Waals surface area contributed by atoms with Crippen LogP contribution in [0.1, 0.15) is 33.1 Å². The van der Waals surface area contributed by atoms with Crippen LogP contribution in [0.3, 0.4) is 0 Å². The van der Waals surface area contributed by atoms with Crippen LogP contribution >= 0.6 is 0 Å². The minimum Gasteiger partial charge on any atom is -0.497 e. The average molecular weight is 319 g/mol. The van der Waals surface area contributed by atoms with Crippen LogP contribution in [0.4, 0.5) is 10.5 Å². The molecular formula is C18H29N3O2. The van der Waals surface area contributed by atoms with Gasteiger partial charge in [0.1, 0.15) is 5.75 Å². The molecule has 2 rings (SSSR count). The van der Waals surface area contributed by atoms with E-state index in [1.165, 1.54) is 12.8 Å². The van der Waals surface area contributed by atoms with Gasteiger partial charge in [-0.05, 0) is 50.4 Å². The fourth-order valence-corrected chi connectivity index (χ4v) is 3.10. The number of ether oxygens (including phenoxy) is 1. The molecular weight excluding hydrogens is 290 g/mol. The SMILES string of the molecule is COc1cccc(NC(=O)NC[C@@H](CC(C)C)N2CCCC2)c1. The average Bonchev–Trinajstić information content (AvgIpc) is 3.05. The van der Waals surface area contributed by atoms with Crippen LogP contribution < -0.4 is 15.4 Å². The van der Waals surface area contributed by atoms with Crippen LogP contribution in [-0.4, -0.2) is 43.7 Å². The molecule has 0 aliphatic carbocycles. The van der Waals surface area contributed by atoms with E-state index in [1.807, 2.05) is 24.3 Å². The summed E-state index contributed by atoms with van der Waals surface area (Å²) in [5, 5.41) is 5.89. The van der Waals surface area contributed by atoms with Crippen molar-refractivity contribution >= 4 is 11.7 Å². The molecule has 0 spiro atoms. The van der Waals surface area contributed by atoms with Gasteiger partial charge in [0.25, 0.3) is 0 Å². The van der Waals surface area contributed by atoms with Crippen LogP contribution in [0.2, 0.25) is 0 Å². The highest BCUT2D eigenvalue weighted by molar-refractivity contribution is 5.89. The molecule has 1 aromatic rings. The summed E-state index contributed by atoms with van der Waals surface area (Å²) in [5.74, 6) is 1.36. The molecule has 1 fully saturated rings. The van der Waals surface area contributed by atoms with Gasteiger partial charge >= 0.3 is 6.03 Å². The third-order valence-electron chi connectivity index (χ3n) is 4.23. The number of rotatable bonds is 7. The quantitative estimate of drug-likeness (QED) is 0.810. The van der Waals surface area contributed by atoms with Gasteiger partial charge in [-0.15, -0.1) is 0 Å². The number of benzene rings is 1. The molecule has 2 N–H and O–H groups in total. The molecule has 0 unspecified atom stereocenters. The predicted octanol–water partition coefficient (Wildman–Crippen LogP) is 3.33. The van der Waals surface area contributed by atoms with E-state index in [0.29, 0.717) is 18.5 Å². The zero-order chi connectivity index (χ0) is 16.7. The standard InChI is InChI=1S/C18H29N3O2/c1-14(2)11-16(21-9-4-5-10-21)13-19-18(22)20-15-7-6-8-17(12-15)23-3/h6-8,12,14,16H,4-5,9-11,13H2,1-3H3,(H2,19,20,22)/t16-/m1/s1. The number of nitrogens with one attached hydrogen (secondary N) is 2. The largest absolute Gasteiger partial charge is 0.497 e. The number of carbonyl (C=O) groups excluding carboxylic acids is 1. The zero-order valence-electron chi connectivity index (χ0n) is 14.5. The number of hydrogen-bond donors (Lipinski definition) is 2. The lowest BCUT2D eigenvalue weighted by molar-refractivity contribution is 0.204. The molecule has 1 aromatic carbocycles. The molecule has 2 amide bonds. The Hall–Kier alpha value is -1.75. The number of urea groups is 1. The fraction of sp³-hybridized carbons (Fsp3) is 0.611. The molecule has 0 saturated carbocycles. The van der Waals surface area contributed by atoms with Gasteiger partial charge < -0.3 is 15.4 Å². The van der Waals surface area contributed by atoms with Gasteiger partial charge in [0.15, 0.2) is 0 Å². The van der Waals surface area contributed by atoms with Gasteiger partial charge in [0.05, 0.1) is 7.11 Å². The molecule has 1 heterocycles. The molecule has 0 bridgehead atoms. The Morgan fingerprint density at radius 2 is 2.04 bits per heavy atom. The lowest BCUT2D eigenvalue weighted by atomic mass is 10.0. The van der Waals surface area contributed by atoms with Crippen molar-refractivity contribution in [3.8, 4) is 5.75 Å². The van der Waals surface area contributed by atoms with Gasteiger partial charge in [0.2, 0.25) is 0 Å². The Morgan fingerprint density at radius 3 is 2.70 bits per heavy atom. The van der Waals surface area contributed by atoms with Crippen LogP contribution in [0.5, 0.6) is 5.75 Å². The Bertz CT molecular complexity index is 499. The maximum Gasteiger partial charge on any atom is 0.319 e. The summed E-state index contributed by atoms with van der Waals surface area (Å²) >= 11 is 0. The fourth-order valence-electron chi connectivity index (χ4n) is 3.10. The van der Waals surface area contributed by atoms with Crippen LogP contribution in [0, 0.1) is 5.92 Å². The lowest BCUT2D eigenvalue weighted by Gasteiger charge is -2.29. The number of amides is 2. The summed E-state index contributed by atoms with van der Waals surface area (Å²) in [4.78, 5) is 14.6. The van der Waals surface area contributed by atoms with E-state index >= 15 is 0 Å². The van der Waals surface area contributed by atoms with Crippen molar-refractivity contribution in [1.82, 2.24) is 10.2 Å². The molecule has 23 heavy (non-hydrogen) atoms. The van der Waals surface area contributed by atoms with E-state index in [4.69, 9.17) is 4.74 Å². The highest BCUT2D eigenvalue weighted by atomic mass is 16.5. The summed E-state index contributed by atoms with van der Waals surface area (Å²) in [6, 6.07) is 7.65. The van der Waals surface area contributed by atoms with E-state index in [9.17, 15) is 4.79 Å². The normalized spacial score (nSPS) is 16.3. The zero-order valence-corrected chi connectivity index (χ0v) is 14.5. The minimum absolute atomic E-state index is 0.161. The number of methoxy groups -OCH3 is 1. The molecule has 1 aliphatic rings. The summed E-state index contributed by atoms with van der Waals surface area (Å²) in [5.41, 5.74) is 0.739. The second kappa shape index (κ2) is 8.77. The third-order valence-corrected chi connectivity index (χ3v) is 4.23. The smallest absolute Gasteiger partial charge is 0.319 e. The molecule has 5 nitrogen and oxygen atoms in total. The first-order chi connectivity index (χ1) is 11.1. The van der Waals surface area contributed by atoms with Gasteiger partial charge in [-0.3, -0.25) is 4.90 Å². The second-order valence-electron chi connectivity index (χ2n) is 6.59. The minimum atomic E-state index is -0.161. The van der Waals surface area contributed by atoms with Crippen molar-refractivity contribution in [2.45, 2.75) is 39.2 Å². The third kappa shape index (κ3) is 5.75. The molecule has 1 atom stereocenters. The Balaban J connectivity index is 1.85. The van der Waals surface area contributed by atoms with Crippen LogP contribution in [-0.2, 0) is 0 Å². The highest BCUT2D eigenvalue weighted by Crippen LogP contribution is 2.18. The molecule has 5 heteroatoms. The van der Waals surface area contributed by atoms with Crippen molar-refractivity contribution in [2.75, 3.05) is 32.1 Å². The van der Waals surface area contributed by atoms with Crippen molar-refractivity contribution < 1.29 is 9.53 Å². The monoisotopic (exact) mass is 319 g/mol. The number of nitrogens with zero attached hydrogens (tertiary/aromatic N) is 1. The summed E-state index contributed by atoms with van der Waals surface area (Å²) < 4.78 is 5.17. The molecule has 128 valence electrons. The van der Waals surface area contributed by atoms with E-state index in [-0.39, 0.29) is 6.03 Å². The maximum atomic E-state index is 12.1. The number of hydrogen-bond acceptors (Lipinski definition) is 3. The van der Waals surface area contributed by atoms with Gasteiger partial charge in [-0.1, -0.05) is 19.9 Å². The first-order valence-corrected chi connectivity index (χ1v) is 8.51. The summed E-state index contributed by atoms with van der Waals surface area (Å²) in [6.45, 7) is 7.46. The molecule has 1 saturated heterocycles. The highest BCUT2D eigenvalue weighted by Gasteiger charge is 2.23. The van der Waals surface area contributed by atoms with Crippen molar-refractivity contribution in [3.05, 3.63) is 24.3 Å². The maximum absolute atomic E-state index is 12.1. The van der Waals surface area contributed by atoms with Crippen molar-refractivity contribution in [2.24, 2.45) is 5.92 Å². The van der Waals surface area contributed by atoms with E-state index in [2.05, 4.69) is 29.4 Å². The molecule has 0 radical (unpaired) electrons. The molecule has 0 aromatic heterocycles. The number of likely N-dealkylation sites (tertiary alicyclic amines) is 1. The van der Waals surface area contributed by atoms with Crippen LogP contribution in [0.25, 0.3) is 0 Å². The first-order valence-electron chi connectivity index (χ1n) is 8.51. The van der Waals surface area contributed by atoms with Gasteiger partial charge in [-0.25, -0.2) is 4.79 Å². The number of carbonyl (C=O) groups is 1. The summed E-state index contributed by atoms with van der Waals surface area (Å²) in [7, 11) is 1.62.